The van der Waals surface area contributed by atoms with Gasteiger partial charge in [0, 0.05) is 12.7 Å². The van der Waals surface area contributed by atoms with Gasteiger partial charge in [-0.2, -0.15) is 0 Å². The number of aryl methyl sites for hydroxylation is 1. The normalized spacial score (nSPS) is 11.0. The summed E-state index contributed by atoms with van der Waals surface area (Å²) >= 11 is 1.27. The molecule has 2 aromatic carbocycles. The number of nitrogens with zero attached hydrogens (tertiary/aromatic N) is 3. The van der Waals surface area contributed by atoms with Crippen LogP contribution in [0, 0.1) is 6.92 Å². The molecule has 2 heterocycles. The zero-order valence-corrected chi connectivity index (χ0v) is 16.8. The van der Waals surface area contributed by atoms with Crippen LogP contribution in [0.3, 0.4) is 0 Å². The first-order valence-corrected chi connectivity index (χ1v) is 9.97. The fraction of sp³-hybridized carbons (Fsp3) is 0.136. The fourth-order valence-corrected chi connectivity index (χ4v) is 4.13. The van der Waals surface area contributed by atoms with Crippen LogP contribution < -0.4 is 16.1 Å². The van der Waals surface area contributed by atoms with E-state index in [1.165, 1.54) is 20.8 Å². The molecule has 0 unspecified atom stereocenters. The molecule has 4 rings (SSSR count). The van der Waals surface area contributed by atoms with Crippen LogP contribution in [0.1, 0.15) is 5.56 Å². The number of rotatable bonds is 4. The second-order valence-corrected chi connectivity index (χ2v) is 7.64. The molecular formula is C22H19N3O3S. The lowest BCUT2D eigenvalue weighted by atomic mass is 10.2. The lowest BCUT2D eigenvalue weighted by molar-refractivity contribution is -0.118. The number of benzene rings is 2. The number of carbonyl (C=O) groups is 1. The molecule has 29 heavy (non-hydrogen) atoms. The number of hydrogen-bond donors (Lipinski definition) is 0. The molecule has 0 saturated carbocycles. The van der Waals surface area contributed by atoms with Gasteiger partial charge in [0.2, 0.25) is 5.91 Å². The number of hydrogen-bond acceptors (Lipinski definition) is 4. The molecule has 4 aromatic rings. The molecule has 0 N–H and O–H groups in total. The van der Waals surface area contributed by atoms with Crippen LogP contribution in [0.15, 0.2) is 75.6 Å². The number of para-hydroxylation sites is 2. The summed E-state index contributed by atoms with van der Waals surface area (Å²) < 4.78 is 2.98. The Morgan fingerprint density at radius 3 is 2.41 bits per heavy atom. The Balaban J connectivity index is 1.86. The number of thiophene rings is 1. The monoisotopic (exact) mass is 405 g/mol. The van der Waals surface area contributed by atoms with Gasteiger partial charge in [-0.15, -0.1) is 11.3 Å². The molecule has 0 aliphatic rings. The topological polar surface area (TPSA) is 64.3 Å². The summed E-state index contributed by atoms with van der Waals surface area (Å²) in [5.41, 5.74) is 1.65. The quantitative estimate of drug-likeness (QED) is 0.524. The Labute approximate surface area is 170 Å². The minimum absolute atomic E-state index is 0.163. The Morgan fingerprint density at radius 1 is 1.00 bits per heavy atom. The van der Waals surface area contributed by atoms with E-state index >= 15 is 0 Å². The SMILES string of the molecule is Cc1ccccc1-n1c(=O)c2sccc2n(CC(=O)N(C)c2ccccc2)c1=O. The number of anilines is 1. The highest BCUT2D eigenvalue weighted by Gasteiger charge is 2.20. The van der Waals surface area contributed by atoms with Crippen molar-refractivity contribution in [2.45, 2.75) is 13.5 Å². The first kappa shape index (κ1) is 18.9. The highest BCUT2D eigenvalue weighted by atomic mass is 32.1. The van der Waals surface area contributed by atoms with Gasteiger partial charge in [0.25, 0.3) is 5.56 Å². The molecule has 0 radical (unpaired) electrons. The van der Waals surface area contributed by atoms with Crippen molar-refractivity contribution in [3.8, 4) is 5.69 Å². The Hall–Kier alpha value is -3.45. The first-order valence-electron chi connectivity index (χ1n) is 9.09. The van der Waals surface area contributed by atoms with Crippen LogP contribution in [-0.2, 0) is 11.3 Å². The standard InChI is InChI=1S/C22H19N3O3S/c1-15-8-6-7-11-17(15)25-21(27)20-18(12-13-29-20)24(22(25)28)14-19(26)23(2)16-9-4-3-5-10-16/h3-13H,14H2,1-2H3. The number of carbonyl (C=O) groups excluding carboxylic acids is 1. The van der Waals surface area contributed by atoms with E-state index in [0.29, 0.717) is 15.9 Å². The Morgan fingerprint density at radius 2 is 1.69 bits per heavy atom. The van der Waals surface area contributed by atoms with Gasteiger partial charge in [0.1, 0.15) is 11.2 Å². The van der Waals surface area contributed by atoms with E-state index in [4.69, 9.17) is 0 Å². The van der Waals surface area contributed by atoms with Gasteiger partial charge in [-0.25, -0.2) is 9.36 Å². The van der Waals surface area contributed by atoms with Gasteiger partial charge in [-0.05, 0) is 42.1 Å². The summed E-state index contributed by atoms with van der Waals surface area (Å²) in [7, 11) is 1.67. The summed E-state index contributed by atoms with van der Waals surface area (Å²) in [5.74, 6) is -0.249. The predicted molar refractivity (Wildman–Crippen MR) is 116 cm³/mol. The molecule has 6 nitrogen and oxygen atoms in total. The maximum absolute atomic E-state index is 13.3. The van der Waals surface area contributed by atoms with Gasteiger partial charge in [-0.3, -0.25) is 14.2 Å². The van der Waals surface area contributed by atoms with Crippen LogP contribution in [0.4, 0.5) is 5.69 Å². The molecule has 0 bridgehead atoms. The van der Waals surface area contributed by atoms with Crippen molar-refractivity contribution >= 4 is 33.1 Å². The smallest absolute Gasteiger partial charge is 0.314 e. The van der Waals surface area contributed by atoms with Crippen molar-refractivity contribution in [3.05, 3.63) is 92.4 Å². The minimum atomic E-state index is -0.523. The summed E-state index contributed by atoms with van der Waals surface area (Å²) in [6.07, 6.45) is 0. The molecule has 7 heteroatoms. The number of fused-ring (bicyclic) bond motifs is 1. The third-order valence-electron chi connectivity index (χ3n) is 4.92. The zero-order valence-electron chi connectivity index (χ0n) is 16.0. The van der Waals surface area contributed by atoms with E-state index in [2.05, 4.69) is 0 Å². The largest absolute Gasteiger partial charge is 0.336 e. The fourth-order valence-electron chi connectivity index (χ4n) is 3.30. The van der Waals surface area contributed by atoms with Gasteiger partial charge < -0.3 is 4.90 Å². The maximum atomic E-state index is 13.3. The van der Waals surface area contributed by atoms with Gasteiger partial charge in [0.05, 0.1) is 11.2 Å². The average molecular weight is 405 g/mol. The van der Waals surface area contributed by atoms with E-state index in [0.717, 1.165) is 15.8 Å². The molecule has 0 aliphatic carbocycles. The van der Waals surface area contributed by atoms with Gasteiger partial charge >= 0.3 is 5.69 Å². The number of amides is 1. The molecule has 146 valence electrons. The zero-order chi connectivity index (χ0) is 20.5. The third kappa shape index (κ3) is 3.30. The molecule has 0 saturated heterocycles. The van der Waals surface area contributed by atoms with Crippen LogP contribution in [0.2, 0.25) is 0 Å². The second kappa shape index (κ2) is 7.52. The number of aromatic nitrogens is 2. The average Bonchev–Trinajstić information content (AvgIpc) is 3.22. The molecule has 0 aliphatic heterocycles. The molecule has 0 fully saturated rings. The highest BCUT2D eigenvalue weighted by Crippen LogP contribution is 2.18. The lowest BCUT2D eigenvalue weighted by Gasteiger charge is -2.19. The highest BCUT2D eigenvalue weighted by molar-refractivity contribution is 7.17. The summed E-state index contributed by atoms with van der Waals surface area (Å²) in [4.78, 5) is 40.8. The molecule has 0 atom stereocenters. The lowest BCUT2D eigenvalue weighted by Crippen LogP contribution is -2.42. The van der Waals surface area contributed by atoms with E-state index in [-0.39, 0.29) is 18.0 Å². The van der Waals surface area contributed by atoms with Crippen LogP contribution in [0.5, 0.6) is 0 Å². The minimum Gasteiger partial charge on any atom is -0.314 e. The Bertz CT molecular complexity index is 1320. The van der Waals surface area contributed by atoms with Crippen molar-refractivity contribution in [1.82, 2.24) is 9.13 Å². The predicted octanol–water partition coefficient (Wildman–Crippen LogP) is 3.19. The van der Waals surface area contributed by atoms with Gasteiger partial charge in [0.15, 0.2) is 0 Å². The number of likely N-dealkylation sites (N-methyl/N-ethyl adjacent to an activating group) is 1. The van der Waals surface area contributed by atoms with Crippen molar-refractivity contribution in [2.75, 3.05) is 11.9 Å². The molecule has 1 amide bonds. The van der Waals surface area contributed by atoms with E-state index in [9.17, 15) is 14.4 Å². The van der Waals surface area contributed by atoms with Crippen molar-refractivity contribution in [1.29, 1.82) is 0 Å². The summed E-state index contributed by atoms with van der Waals surface area (Å²) in [6.45, 7) is 1.68. The van der Waals surface area contributed by atoms with Crippen molar-refractivity contribution in [2.24, 2.45) is 0 Å². The van der Waals surface area contributed by atoms with E-state index in [1.807, 2.05) is 49.4 Å². The van der Waals surface area contributed by atoms with E-state index in [1.54, 1.807) is 30.6 Å². The summed E-state index contributed by atoms with van der Waals surface area (Å²) in [6, 6.07) is 18.2. The third-order valence-corrected chi connectivity index (χ3v) is 5.81. The maximum Gasteiger partial charge on any atom is 0.336 e. The van der Waals surface area contributed by atoms with Crippen LogP contribution in [-0.4, -0.2) is 22.1 Å². The molecule has 0 spiro atoms. The van der Waals surface area contributed by atoms with Crippen molar-refractivity contribution < 1.29 is 4.79 Å². The van der Waals surface area contributed by atoms with Crippen LogP contribution >= 0.6 is 11.3 Å². The van der Waals surface area contributed by atoms with Crippen molar-refractivity contribution in [3.63, 3.8) is 0 Å². The van der Waals surface area contributed by atoms with E-state index < -0.39 is 5.69 Å². The second-order valence-electron chi connectivity index (χ2n) is 6.72. The molecular weight excluding hydrogens is 386 g/mol. The van der Waals surface area contributed by atoms with Gasteiger partial charge in [-0.1, -0.05) is 36.4 Å². The Kier molecular flexibility index (Phi) is 4.90. The summed E-state index contributed by atoms with van der Waals surface area (Å²) in [5, 5.41) is 1.76. The van der Waals surface area contributed by atoms with Crippen LogP contribution in [0.25, 0.3) is 15.9 Å². The first-order chi connectivity index (χ1) is 14.0. The molecule has 2 aromatic heterocycles.